The number of rotatable bonds is 1. The number of hydrogen-bond acceptors (Lipinski definition) is 1. The van der Waals surface area contributed by atoms with Gasteiger partial charge in [-0.1, -0.05) is 11.6 Å². The average Bonchev–Trinajstić information content (AvgIpc) is 2.39. The summed E-state index contributed by atoms with van der Waals surface area (Å²) in [6.45, 7) is 1.87. The largest absolute Gasteiger partial charge is 0.364 e. The predicted molar refractivity (Wildman–Crippen MR) is 61.2 cm³/mol. The molecule has 1 aromatic carbocycles. The highest BCUT2D eigenvalue weighted by atomic mass is 35.5. The Balaban J connectivity index is 2.91. The Kier molecular flexibility index (Phi) is 2.20. The Bertz CT molecular complexity index is 557. The minimum absolute atomic E-state index is 0.415. The first kappa shape index (κ1) is 10.1. The summed E-state index contributed by atoms with van der Waals surface area (Å²) in [5.41, 5.74) is 7.70. The summed E-state index contributed by atoms with van der Waals surface area (Å²) < 4.78 is 1.79. The molecule has 0 aliphatic carbocycles. The Morgan fingerprint density at radius 2 is 2.13 bits per heavy atom. The van der Waals surface area contributed by atoms with Crippen molar-refractivity contribution in [2.75, 3.05) is 0 Å². The zero-order valence-electron chi connectivity index (χ0n) is 8.54. The first-order chi connectivity index (χ1) is 7.02. The van der Waals surface area contributed by atoms with Gasteiger partial charge in [0, 0.05) is 23.0 Å². The summed E-state index contributed by atoms with van der Waals surface area (Å²) in [4.78, 5) is 11.3. The predicted octanol–water partition coefficient (Wildman–Crippen LogP) is 2.24. The zero-order valence-corrected chi connectivity index (χ0v) is 9.30. The molecule has 0 radical (unpaired) electrons. The molecule has 0 unspecified atom stereocenters. The van der Waals surface area contributed by atoms with Crippen molar-refractivity contribution in [2.45, 2.75) is 6.92 Å². The summed E-state index contributed by atoms with van der Waals surface area (Å²) in [5.74, 6) is -0.415. The number of amides is 1. The van der Waals surface area contributed by atoms with Gasteiger partial charge in [0.05, 0.1) is 0 Å². The summed E-state index contributed by atoms with van der Waals surface area (Å²) in [6, 6.07) is 5.53. The summed E-state index contributed by atoms with van der Waals surface area (Å²) in [5, 5.41) is 1.63. The van der Waals surface area contributed by atoms with Crippen molar-refractivity contribution < 1.29 is 4.79 Å². The number of fused-ring (bicyclic) bond motifs is 1. The van der Waals surface area contributed by atoms with Crippen LogP contribution < -0.4 is 5.73 Å². The van der Waals surface area contributed by atoms with Crippen LogP contribution in [0.2, 0.25) is 5.02 Å². The molecule has 0 aliphatic rings. The number of aryl methyl sites for hydroxylation is 2. The third-order valence-electron chi connectivity index (χ3n) is 2.65. The fourth-order valence-electron chi connectivity index (χ4n) is 1.95. The molecule has 2 rings (SSSR count). The standard InChI is InChI=1S/C11H11ClN2O/c1-6-8-5-7(12)3-4-9(8)14(2)10(6)11(13)15/h3-5H,1-2H3,(H2,13,15). The number of carbonyl (C=O) groups excluding carboxylic acids is 1. The van der Waals surface area contributed by atoms with Gasteiger partial charge in [-0.2, -0.15) is 0 Å². The van der Waals surface area contributed by atoms with Crippen molar-refractivity contribution in [2.24, 2.45) is 12.8 Å². The van der Waals surface area contributed by atoms with E-state index in [-0.39, 0.29) is 0 Å². The van der Waals surface area contributed by atoms with Gasteiger partial charge in [-0.3, -0.25) is 4.79 Å². The van der Waals surface area contributed by atoms with Gasteiger partial charge >= 0.3 is 0 Å². The lowest BCUT2D eigenvalue weighted by Gasteiger charge is -1.99. The number of aromatic nitrogens is 1. The molecule has 0 spiro atoms. The third kappa shape index (κ3) is 1.39. The second kappa shape index (κ2) is 3.28. The zero-order chi connectivity index (χ0) is 11.2. The second-order valence-electron chi connectivity index (χ2n) is 3.56. The summed E-state index contributed by atoms with van der Waals surface area (Å²) >= 11 is 5.91. The quantitative estimate of drug-likeness (QED) is 0.791. The molecule has 1 aromatic heterocycles. The van der Waals surface area contributed by atoms with Crippen molar-refractivity contribution in [1.82, 2.24) is 4.57 Å². The van der Waals surface area contributed by atoms with E-state index in [2.05, 4.69) is 0 Å². The maximum Gasteiger partial charge on any atom is 0.265 e. The van der Waals surface area contributed by atoms with Gasteiger partial charge in [0.15, 0.2) is 0 Å². The van der Waals surface area contributed by atoms with Crippen LogP contribution in [0, 0.1) is 6.92 Å². The first-order valence-electron chi connectivity index (χ1n) is 4.56. The molecule has 0 atom stereocenters. The van der Waals surface area contributed by atoms with E-state index in [9.17, 15) is 4.79 Å². The number of carbonyl (C=O) groups is 1. The van der Waals surface area contributed by atoms with Gasteiger partial charge in [-0.15, -0.1) is 0 Å². The molecular formula is C11H11ClN2O. The van der Waals surface area contributed by atoms with Gasteiger partial charge in [-0.25, -0.2) is 0 Å². The Hall–Kier alpha value is -1.48. The molecule has 4 heteroatoms. The molecule has 1 heterocycles. The number of primary amides is 1. The van der Waals surface area contributed by atoms with Gasteiger partial charge in [0.25, 0.3) is 5.91 Å². The molecule has 2 N–H and O–H groups in total. The van der Waals surface area contributed by atoms with Crippen molar-refractivity contribution in [3.05, 3.63) is 34.5 Å². The molecule has 0 bridgehead atoms. The monoisotopic (exact) mass is 222 g/mol. The smallest absolute Gasteiger partial charge is 0.265 e. The molecule has 0 fully saturated rings. The van der Waals surface area contributed by atoms with Crippen LogP contribution in [0.4, 0.5) is 0 Å². The highest BCUT2D eigenvalue weighted by molar-refractivity contribution is 6.31. The van der Waals surface area contributed by atoms with E-state index in [1.165, 1.54) is 0 Å². The van der Waals surface area contributed by atoms with Crippen molar-refractivity contribution in [1.29, 1.82) is 0 Å². The van der Waals surface area contributed by atoms with Gasteiger partial charge < -0.3 is 10.3 Å². The summed E-state index contributed by atoms with van der Waals surface area (Å²) in [7, 11) is 1.82. The van der Waals surface area contributed by atoms with Crippen molar-refractivity contribution >= 4 is 28.4 Å². The minimum atomic E-state index is -0.415. The van der Waals surface area contributed by atoms with Crippen molar-refractivity contribution in [3.63, 3.8) is 0 Å². The van der Waals surface area contributed by atoms with Crippen LogP contribution in [0.3, 0.4) is 0 Å². The van der Waals surface area contributed by atoms with Gasteiger partial charge in [-0.05, 0) is 30.7 Å². The number of benzene rings is 1. The summed E-state index contributed by atoms with van der Waals surface area (Å²) in [6.07, 6.45) is 0. The van der Waals surface area contributed by atoms with Crippen LogP contribution >= 0.6 is 11.6 Å². The SMILES string of the molecule is Cc1c(C(N)=O)n(C)c2ccc(Cl)cc12. The molecule has 78 valence electrons. The van der Waals surface area contributed by atoms with E-state index in [0.29, 0.717) is 10.7 Å². The molecule has 0 aliphatic heterocycles. The third-order valence-corrected chi connectivity index (χ3v) is 2.88. The molecule has 1 amide bonds. The number of nitrogens with two attached hydrogens (primary N) is 1. The van der Waals surface area contributed by atoms with Crippen LogP contribution in [0.5, 0.6) is 0 Å². The van der Waals surface area contributed by atoms with Gasteiger partial charge in [0.2, 0.25) is 0 Å². The maximum absolute atomic E-state index is 11.3. The lowest BCUT2D eigenvalue weighted by atomic mass is 10.1. The maximum atomic E-state index is 11.3. The fraction of sp³-hybridized carbons (Fsp3) is 0.182. The lowest BCUT2D eigenvalue weighted by molar-refractivity contribution is 0.0992. The minimum Gasteiger partial charge on any atom is -0.364 e. The van der Waals surface area contributed by atoms with E-state index >= 15 is 0 Å². The molecule has 3 nitrogen and oxygen atoms in total. The molecular weight excluding hydrogens is 212 g/mol. The Morgan fingerprint density at radius 1 is 1.47 bits per heavy atom. The molecule has 2 aromatic rings. The van der Waals surface area contributed by atoms with E-state index in [0.717, 1.165) is 16.5 Å². The topological polar surface area (TPSA) is 48.0 Å². The van der Waals surface area contributed by atoms with Crippen LogP contribution in [0.25, 0.3) is 10.9 Å². The fourth-order valence-corrected chi connectivity index (χ4v) is 2.12. The molecule has 0 saturated heterocycles. The first-order valence-corrected chi connectivity index (χ1v) is 4.94. The average molecular weight is 223 g/mol. The van der Waals surface area contributed by atoms with E-state index in [4.69, 9.17) is 17.3 Å². The van der Waals surface area contributed by atoms with Crippen LogP contribution in [0.15, 0.2) is 18.2 Å². The van der Waals surface area contributed by atoms with Crippen LogP contribution in [-0.4, -0.2) is 10.5 Å². The Labute approximate surface area is 92.4 Å². The number of halogens is 1. The lowest BCUT2D eigenvalue weighted by Crippen LogP contribution is -2.16. The second-order valence-corrected chi connectivity index (χ2v) is 3.99. The van der Waals surface area contributed by atoms with E-state index < -0.39 is 5.91 Å². The van der Waals surface area contributed by atoms with E-state index in [1.807, 2.05) is 26.1 Å². The van der Waals surface area contributed by atoms with Crippen molar-refractivity contribution in [3.8, 4) is 0 Å². The van der Waals surface area contributed by atoms with Crippen LogP contribution in [0.1, 0.15) is 16.1 Å². The number of nitrogens with zero attached hydrogens (tertiary/aromatic N) is 1. The Morgan fingerprint density at radius 3 is 2.73 bits per heavy atom. The van der Waals surface area contributed by atoms with Crippen LogP contribution in [-0.2, 0) is 7.05 Å². The highest BCUT2D eigenvalue weighted by Crippen LogP contribution is 2.26. The molecule has 0 saturated carbocycles. The number of hydrogen-bond donors (Lipinski definition) is 1. The normalized spacial score (nSPS) is 10.9. The van der Waals surface area contributed by atoms with E-state index in [1.54, 1.807) is 10.6 Å². The highest BCUT2D eigenvalue weighted by Gasteiger charge is 2.15. The molecule has 15 heavy (non-hydrogen) atoms. The van der Waals surface area contributed by atoms with Gasteiger partial charge in [0.1, 0.15) is 5.69 Å².